The largest absolute Gasteiger partial charge is 0.396 e. The monoisotopic (exact) mass is 361 g/mol. The summed E-state index contributed by atoms with van der Waals surface area (Å²) in [5.74, 6) is 1.63. The van der Waals surface area contributed by atoms with Crippen molar-refractivity contribution >= 4 is 23.1 Å². The van der Waals surface area contributed by atoms with E-state index in [-0.39, 0.29) is 6.61 Å². The molecule has 0 saturated carbocycles. The molecule has 1 aliphatic rings. The van der Waals surface area contributed by atoms with E-state index in [9.17, 15) is 5.11 Å². The van der Waals surface area contributed by atoms with E-state index in [4.69, 9.17) is 0 Å². The highest BCUT2D eigenvalue weighted by molar-refractivity contribution is 7.07. The Labute approximate surface area is 153 Å². The average Bonchev–Trinajstić information content (AvgIpc) is 3.09. The van der Waals surface area contributed by atoms with Crippen LogP contribution in [0.2, 0.25) is 0 Å². The van der Waals surface area contributed by atoms with Crippen molar-refractivity contribution in [1.82, 2.24) is 14.9 Å². The predicted molar refractivity (Wildman–Crippen MR) is 103 cm³/mol. The zero-order valence-electron chi connectivity index (χ0n) is 14.9. The van der Waals surface area contributed by atoms with E-state index < -0.39 is 0 Å². The normalized spacial score (nSPS) is 18.7. The third-order valence-electron chi connectivity index (χ3n) is 4.40. The molecule has 7 heteroatoms. The molecular formula is C18H27N5OS. The van der Waals surface area contributed by atoms with Gasteiger partial charge in [0.05, 0.1) is 0 Å². The molecule has 1 saturated heterocycles. The van der Waals surface area contributed by atoms with E-state index in [0.717, 1.165) is 44.4 Å². The molecule has 2 aromatic rings. The molecule has 1 unspecified atom stereocenters. The Balaban J connectivity index is 1.68. The van der Waals surface area contributed by atoms with Gasteiger partial charge in [-0.3, -0.25) is 4.90 Å². The van der Waals surface area contributed by atoms with Gasteiger partial charge in [-0.25, -0.2) is 4.98 Å². The summed E-state index contributed by atoms with van der Waals surface area (Å²) in [6, 6.07) is 4.73. The first-order valence-corrected chi connectivity index (χ1v) is 9.80. The number of hydrogen-bond donors (Lipinski definition) is 2. The Hall–Kier alpha value is -1.70. The topological polar surface area (TPSA) is 64.5 Å². The molecule has 136 valence electrons. The zero-order valence-corrected chi connectivity index (χ0v) is 15.7. The first-order chi connectivity index (χ1) is 12.2. The molecule has 1 atom stereocenters. The molecule has 2 aromatic heterocycles. The summed E-state index contributed by atoms with van der Waals surface area (Å²) >= 11 is 1.73. The zero-order chi connectivity index (χ0) is 17.6. The molecule has 0 spiro atoms. The van der Waals surface area contributed by atoms with Gasteiger partial charge < -0.3 is 15.3 Å². The lowest BCUT2D eigenvalue weighted by Crippen LogP contribution is -2.53. The smallest absolute Gasteiger partial charge is 0.227 e. The van der Waals surface area contributed by atoms with Gasteiger partial charge in [0, 0.05) is 51.1 Å². The maximum atomic E-state index is 9.48. The van der Waals surface area contributed by atoms with E-state index in [1.54, 1.807) is 11.3 Å². The van der Waals surface area contributed by atoms with Crippen molar-refractivity contribution in [3.63, 3.8) is 0 Å². The second-order valence-corrected chi connectivity index (χ2v) is 7.54. The van der Waals surface area contributed by atoms with Crippen LogP contribution in [-0.2, 0) is 6.54 Å². The molecule has 3 heterocycles. The van der Waals surface area contributed by atoms with Crippen LogP contribution >= 0.6 is 11.3 Å². The third kappa shape index (κ3) is 4.90. The van der Waals surface area contributed by atoms with Crippen LogP contribution in [0.1, 0.15) is 25.8 Å². The van der Waals surface area contributed by atoms with Crippen LogP contribution in [0.3, 0.4) is 0 Å². The van der Waals surface area contributed by atoms with Crippen molar-refractivity contribution in [3.05, 3.63) is 34.7 Å². The van der Waals surface area contributed by atoms with Crippen molar-refractivity contribution in [1.29, 1.82) is 0 Å². The van der Waals surface area contributed by atoms with Crippen LogP contribution in [-0.4, -0.2) is 58.3 Å². The van der Waals surface area contributed by atoms with Crippen LogP contribution in [0.15, 0.2) is 29.1 Å². The Kier molecular flexibility index (Phi) is 6.23. The molecular weight excluding hydrogens is 334 g/mol. The Bertz CT molecular complexity index is 649. The Morgan fingerprint density at radius 1 is 1.36 bits per heavy atom. The third-order valence-corrected chi connectivity index (χ3v) is 5.13. The van der Waals surface area contributed by atoms with Crippen LogP contribution in [0.25, 0.3) is 0 Å². The summed E-state index contributed by atoms with van der Waals surface area (Å²) in [6.45, 7) is 8.04. The van der Waals surface area contributed by atoms with Crippen molar-refractivity contribution in [2.75, 3.05) is 36.5 Å². The van der Waals surface area contributed by atoms with Gasteiger partial charge in [0.15, 0.2) is 0 Å². The minimum Gasteiger partial charge on any atom is -0.396 e. The first kappa shape index (κ1) is 18.1. The number of thiophene rings is 1. The molecule has 3 rings (SSSR count). The molecule has 0 aliphatic carbocycles. The SMILES string of the molecule is CC(C)Nc1ccnc(N2CCN(Cc3ccsc3)C(CCO)C2)n1. The lowest BCUT2D eigenvalue weighted by atomic mass is 10.1. The molecule has 0 aromatic carbocycles. The van der Waals surface area contributed by atoms with Crippen molar-refractivity contribution in [2.24, 2.45) is 0 Å². The van der Waals surface area contributed by atoms with Gasteiger partial charge in [-0.2, -0.15) is 16.3 Å². The molecule has 25 heavy (non-hydrogen) atoms. The number of aromatic nitrogens is 2. The number of aliphatic hydroxyl groups is 1. The van der Waals surface area contributed by atoms with Crippen LogP contribution < -0.4 is 10.2 Å². The van der Waals surface area contributed by atoms with E-state index in [1.165, 1.54) is 5.56 Å². The number of nitrogens with one attached hydrogen (secondary N) is 1. The fourth-order valence-corrected chi connectivity index (χ4v) is 3.86. The standard InChI is InChI=1S/C18H27N5OS/c1-14(2)20-17-3-6-19-18(21-17)23-8-7-22(16(12-23)4-9-24)11-15-5-10-25-13-15/h3,5-6,10,13-14,16,24H,4,7-9,11-12H2,1-2H3,(H,19,20,21). The number of hydrogen-bond acceptors (Lipinski definition) is 7. The van der Waals surface area contributed by atoms with Gasteiger partial charge in [-0.1, -0.05) is 0 Å². The summed E-state index contributed by atoms with van der Waals surface area (Å²) in [5.41, 5.74) is 1.35. The summed E-state index contributed by atoms with van der Waals surface area (Å²) in [4.78, 5) is 13.8. The molecule has 1 aliphatic heterocycles. The summed E-state index contributed by atoms with van der Waals surface area (Å²) in [7, 11) is 0. The molecule has 6 nitrogen and oxygen atoms in total. The summed E-state index contributed by atoms with van der Waals surface area (Å²) < 4.78 is 0. The van der Waals surface area contributed by atoms with Gasteiger partial charge in [-0.15, -0.1) is 0 Å². The fraction of sp³-hybridized carbons (Fsp3) is 0.556. The maximum Gasteiger partial charge on any atom is 0.227 e. The highest BCUT2D eigenvalue weighted by Gasteiger charge is 2.28. The second kappa shape index (κ2) is 8.60. The number of nitrogens with zero attached hydrogens (tertiary/aromatic N) is 4. The van der Waals surface area contributed by atoms with E-state index >= 15 is 0 Å². The second-order valence-electron chi connectivity index (χ2n) is 6.76. The van der Waals surface area contributed by atoms with Gasteiger partial charge in [0.1, 0.15) is 5.82 Å². The minimum absolute atomic E-state index is 0.203. The van der Waals surface area contributed by atoms with Crippen molar-refractivity contribution in [3.8, 4) is 0 Å². The average molecular weight is 362 g/mol. The maximum absolute atomic E-state index is 9.48. The lowest BCUT2D eigenvalue weighted by Gasteiger charge is -2.41. The number of piperazine rings is 1. The van der Waals surface area contributed by atoms with Crippen LogP contribution in [0.4, 0.5) is 11.8 Å². The minimum atomic E-state index is 0.203. The number of anilines is 2. The molecule has 0 radical (unpaired) electrons. The van der Waals surface area contributed by atoms with Crippen molar-refractivity contribution in [2.45, 2.75) is 38.9 Å². The van der Waals surface area contributed by atoms with Gasteiger partial charge in [0.25, 0.3) is 0 Å². The van der Waals surface area contributed by atoms with Crippen molar-refractivity contribution < 1.29 is 5.11 Å². The fourth-order valence-electron chi connectivity index (χ4n) is 3.20. The highest BCUT2D eigenvalue weighted by Crippen LogP contribution is 2.21. The number of rotatable bonds is 7. The molecule has 0 amide bonds. The predicted octanol–water partition coefficient (Wildman–Crippen LogP) is 2.43. The first-order valence-electron chi connectivity index (χ1n) is 8.86. The lowest BCUT2D eigenvalue weighted by molar-refractivity contribution is 0.135. The van der Waals surface area contributed by atoms with Crippen LogP contribution in [0, 0.1) is 0 Å². The van der Waals surface area contributed by atoms with E-state index in [2.05, 4.69) is 55.8 Å². The molecule has 2 N–H and O–H groups in total. The Morgan fingerprint density at radius 3 is 2.96 bits per heavy atom. The summed E-state index contributed by atoms with van der Waals surface area (Å²) in [5, 5.41) is 17.1. The van der Waals surface area contributed by atoms with Crippen LogP contribution in [0.5, 0.6) is 0 Å². The number of aliphatic hydroxyl groups excluding tert-OH is 1. The molecule has 1 fully saturated rings. The van der Waals surface area contributed by atoms with E-state index in [0.29, 0.717) is 12.1 Å². The Morgan fingerprint density at radius 2 is 2.24 bits per heavy atom. The van der Waals surface area contributed by atoms with Gasteiger partial charge in [0.2, 0.25) is 5.95 Å². The van der Waals surface area contributed by atoms with Gasteiger partial charge >= 0.3 is 0 Å². The molecule has 0 bridgehead atoms. The van der Waals surface area contributed by atoms with Gasteiger partial charge in [-0.05, 0) is 48.7 Å². The highest BCUT2D eigenvalue weighted by atomic mass is 32.1. The van der Waals surface area contributed by atoms with E-state index in [1.807, 2.05) is 12.3 Å². The summed E-state index contributed by atoms with van der Waals surface area (Å²) in [6.07, 6.45) is 2.58. The quantitative estimate of drug-likeness (QED) is 0.790.